The van der Waals surface area contributed by atoms with Crippen LogP contribution in [-0.4, -0.2) is 11.1 Å². The zero-order valence-corrected chi connectivity index (χ0v) is 13.1. The number of amides is 1. The predicted molar refractivity (Wildman–Crippen MR) is 88.6 cm³/mol. The third kappa shape index (κ3) is 3.60. The number of benzene rings is 2. The van der Waals surface area contributed by atoms with Crippen molar-refractivity contribution in [1.29, 1.82) is 0 Å². The molecule has 23 heavy (non-hydrogen) atoms. The molecule has 1 aliphatic heterocycles. The van der Waals surface area contributed by atoms with E-state index in [-0.39, 0.29) is 10.9 Å². The number of nitrogens with one attached hydrogen (secondary N) is 1. The number of halogens is 3. The Morgan fingerprint density at radius 1 is 1.13 bits per heavy atom. The van der Waals surface area contributed by atoms with Crippen molar-refractivity contribution in [3.05, 3.63) is 69.6 Å². The summed E-state index contributed by atoms with van der Waals surface area (Å²) in [5.41, 5.74) is 0.725. The van der Waals surface area contributed by atoms with Crippen LogP contribution in [-0.2, 0) is 4.79 Å². The van der Waals surface area contributed by atoms with Crippen LogP contribution in [0.15, 0.2) is 52.4 Å². The van der Waals surface area contributed by atoms with E-state index in [2.05, 4.69) is 10.3 Å². The molecule has 0 unspecified atom stereocenters. The molecule has 2 aromatic carbocycles. The van der Waals surface area contributed by atoms with E-state index in [1.54, 1.807) is 18.2 Å². The maximum atomic E-state index is 13.6. The summed E-state index contributed by atoms with van der Waals surface area (Å²) >= 11 is 6.76. The highest BCUT2D eigenvalue weighted by molar-refractivity contribution is 8.18. The first-order valence-corrected chi connectivity index (χ1v) is 7.71. The maximum absolute atomic E-state index is 13.6. The van der Waals surface area contributed by atoms with Gasteiger partial charge in [-0.05, 0) is 42.1 Å². The Labute approximate surface area is 140 Å². The Morgan fingerprint density at radius 2 is 1.91 bits per heavy atom. The lowest BCUT2D eigenvalue weighted by molar-refractivity contribution is -0.115. The van der Waals surface area contributed by atoms with Gasteiger partial charge in [0.25, 0.3) is 5.91 Å². The Hall–Kier alpha value is -2.18. The number of thioether (sulfide) groups is 1. The molecule has 1 amide bonds. The normalized spacial score (nSPS) is 17.8. The van der Waals surface area contributed by atoms with E-state index in [0.29, 0.717) is 21.3 Å². The summed E-state index contributed by atoms with van der Waals surface area (Å²) in [5, 5.41) is 2.84. The molecule has 0 saturated carbocycles. The standard InChI is InChI=1S/C16H9ClF2N2OS/c17-11-8-10(5-6-13(11)19)20-16-21-15(22)14(23-16)7-9-3-1-2-4-12(9)18/h1-8H,(H,20,21,22). The number of nitrogens with zero attached hydrogens (tertiary/aromatic N) is 1. The Morgan fingerprint density at radius 3 is 2.65 bits per heavy atom. The Bertz CT molecular complexity index is 852. The van der Waals surface area contributed by atoms with Gasteiger partial charge in [0.05, 0.1) is 15.6 Å². The van der Waals surface area contributed by atoms with Crippen LogP contribution < -0.4 is 5.32 Å². The van der Waals surface area contributed by atoms with Gasteiger partial charge in [-0.2, -0.15) is 0 Å². The molecule has 1 heterocycles. The molecule has 2 aromatic rings. The summed E-state index contributed by atoms with van der Waals surface area (Å²) in [6, 6.07) is 10.1. The number of aliphatic imine (C=N–C) groups is 1. The van der Waals surface area contributed by atoms with E-state index in [4.69, 9.17) is 11.6 Å². The molecular formula is C16H9ClF2N2OS. The van der Waals surface area contributed by atoms with Crippen molar-refractivity contribution in [2.45, 2.75) is 0 Å². The van der Waals surface area contributed by atoms with Gasteiger partial charge < -0.3 is 5.32 Å². The smallest absolute Gasteiger partial charge is 0.264 e. The molecule has 0 aromatic heterocycles. The molecule has 0 radical (unpaired) electrons. The topological polar surface area (TPSA) is 41.5 Å². The molecule has 116 valence electrons. The van der Waals surface area contributed by atoms with Gasteiger partial charge in [-0.3, -0.25) is 4.79 Å². The number of hydrogen-bond donors (Lipinski definition) is 1. The van der Waals surface area contributed by atoms with Crippen LogP contribution in [0.1, 0.15) is 5.56 Å². The van der Waals surface area contributed by atoms with Crippen LogP contribution >= 0.6 is 23.4 Å². The molecule has 1 fully saturated rings. The number of hydrogen-bond acceptors (Lipinski definition) is 3. The molecule has 0 atom stereocenters. The fourth-order valence-corrected chi connectivity index (χ4v) is 2.89. The highest BCUT2D eigenvalue weighted by Gasteiger charge is 2.24. The Balaban J connectivity index is 1.86. The lowest BCUT2D eigenvalue weighted by Crippen LogP contribution is -2.19. The third-order valence-electron chi connectivity index (χ3n) is 2.98. The second-order valence-electron chi connectivity index (χ2n) is 4.60. The molecule has 1 saturated heterocycles. The summed E-state index contributed by atoms with van der Waals surface area (Å²) in [6.45, 7) is 0. The largest absolute Gasteiger partial charge is 0.300 e. The van der Waals surface area contributed by atoms with Crippen LogP contribution in [0.4, 0.5) is 14.5 Å². The number of carbonyl (C=O) groups is 1. The molecular weight excluding hydrogens is 342 g/mol. The van der Waals surface area contributed by atoms with E-state index in [0.717, 1.165) is 11.8 Å². The molecule has 1 N–H and O–H groups in total. The summed E-state index contributed by atoms with van der Waals surface area (Å²) in [6.07, 6.45) is 1.45. The van der Waals surface area contributed by atoms with Crippen molar-refractivity contribution in [3.63, 3.8) is 0 Å². The summed E-state index contributed by atoms with van der Waals surface area (Å²) in [4.78, 5) is 16.4. The minimum atomic E-state index is -0.543. The van der Waals surface area contributed by atoms with Gasteiger partial charge in [0.1, 0.15) is 11.6 Å². The second kappa shape index (κ2) is 6.52. The zero-order chi connectivity index (χ0) is 16.4. The minimum absolute atomic E-state index is 0.0525. The number of carbonyl (C=O) groups excluding carboxylic acids is 1. The van der Waals surface area contributed by atoms with Gasteiger partial charge in [-0.25, -0.2) is 13.8 Å². The van der Waals surface area contributed by atoms with Crippen molar-refractivity contribution in [3.8, 4) is 0 Å². The van der Waals surface area contributed by atoms with Gasteiger partial charge in [0.2, 0.25) is 0 Å². The first-order chi connectivity index (χ1) is 11.0. The summed E-state index contributed by atoms with van der Waals surface area (Å²) in [5.74, 6) is -1.33. The van der Waals surface area contributed by atoms with Crippen molar-refractivity contribution in [2.75, 3.05) is 0 Å². The van der Waals surface area contributed by atoms with E-state index >= 15 is 0 Å². The van der Waals surface area contributed by atoms with E-state index in [1.165, 1.54) is 30.3 Å². The van der Waals surface area contributed by atoms with Crippen LogP contribution in [0.25, 0.3) is 6.08 Å². The van der Waals surface area contributed by atoms with Gasteiger partial charge in [0, 0.05) is 5.56 Å². The number of rotatable bonds is 2. The first kappa shape index (κ1) is 15.7. The van der Waals surface area contributed by atoms with Crippen LogP contribution in [0, 0.1) is 11.6 Å². The predicted octanol–water partition coefficient (Wildman–Crippen LogP) is 4.51. The lowest BCUT2D eigenvalue weighted by Gasteiger charge is -1.98. The van der Waals surface area contributed by atoms with E-state index in [1.807, 2.05) is 0 Å². The minimum Gasteiger partial charge on any atom is -0.300 e. The summed E-state index contributed by atoms with van der Waals surface area (Å²) < 4.78 is 26.7. The molecule has 1 aliphatic rings. The van der Waals surface area contributed by atoms with Crippen molar-refractivity contribution in [2.24, 2.45) is 4.99 Å². The van der Waals surface area contributed by atoms with Gasteiger partial charge in [-0.15, -0.1) is 0 Å². The monoisotopic (exact) mass is 350 g/mol. The van der Waals surface area contributed by atoms with Gasteiger partial charge in [-0.1, -0.05) is 29.8 Å². The highest BCUT2D eigenvalue weighted by Crippen LogP contribution is 2.29. The average molecular weight is 351 g/mol. The van der Waals surface area contributed by atoms with Gasteiger partial charge in [0.15, 0.2) is 5.17 Å². The first-order valence-electron chi connectivity index (χ1n) is 6.52. The lowest BCUT2D eigenvalue weighted by atomic mass is 10.2. The molecule has 3 rings (SSSR count). The second-order valence-corrected chi connectivity index (χ2v) is 6.04. The highest BCUT2D eigenvalue weighted by atomic mass is 35.5. The average Bonchev–Trinajstić information content (AvgIpc) is 2.85. The molecule has 7 heteroatoms. The fourth-order valence-electron chi connectivity index (χ4n) is 1.89. The molecule has 3 nitrogen and oxygen atoms in total. The maximum Gasteiger partial charge on any atom is 0.264 e. The van der Waals surface area contributed by atoms with Crippen molar-refractivity contribution >= 4 is 46.2 Å². The molecule has 0 bridgehead atoms. The van der Waals surface area contributed by atoms with E-state index in [9.17, 15) is 13.6 Å². The fraction of sp³-hybridized carbons (Fsp3) is 0. The van der Waals surface area contributed by atoms with E-state index < -0.39 is 11.6 Å². The molecule has 0 spiro atoms. The quantitative estimate of drug-likeness (QED) is 0.810. The van der Waals surface area contributed by atoms with Crippen LogP contribution in [0.2, 0.25) is 5.02 Å². The SMILES string of the molecule is O=C1NC(=Nc2ccc(F)c(Cl)c2)SC1=Cc1ccccc1F. The Kier molecular flexibility index (Phi) is 4.45. The van der Waals surface area contributed by atoms with Crippen molar-refractivity contribution in [1.82, 2.24) is 5.32 Å². The summed E-state index contributed by atoms with van der Waals surface area (Å²) in [7, 11) is 0. The van der Waals surface area contributed by atoms with Crippen LogP contribution in [0.5, 0.6) is 0 Å². The van der Waals surface area contributed by atoms with Gasteiger partial charge >= 0.3 is 0 Å². The number of amidine groups is 1. The third-order valence-corrected chi connectivity index (χ3v) is 4.18. The zero-order valence-electron chi connectivity index (χ0n) is 11.5. The van der Waals surface area contributed by atoms with Crippen molar-refractivity contribution < 1.29 is 13.6 Å². The molecule has 0 aliphatic carbocycles. The van der Waals surface area contributed by atoms with Crippen LogP contribution in [0.3, 0.4) is 0 Å².